The molecule has 0 N–H and O–H groups in total. The van der Waals surface area contributed by atoms with Crippen LogP contribution < -0.4 is 0 Å². The number of hydrogen-bond donors (Lipinski definition) is 0. The lowest BCUT2D eigenvalue weighted by atomic mass is 10.4. The third-order valence-corrected chi connectivity index (χ3v) is 2.35. The second-order valence-electron chi connectivity index (χ2n) is 3.82. The molecule has 2 aromatic rings. The predicted molar refractivity (Wildman–Crippen MR) is 61.1 cm³/mol. The maximum absolute atomic E-state index is 11.7. The zero-order valence-electron chi connectivity index (χ0n) is 9.68. The molecule has 2 aromatic heterocycles. The molecule has 0 aliphatic carbocycles. The minimum absolute atomic E-state index is 0.0858. The van der Waals surface area contributed by atoms with Gasteiger partial charge in [-0.15, -0.1) is 0 Å². The van der Waals surface area contributed by atoms with Crippen LogP contribution >= 0.6 is 0 Å². The fourth-order valence-electron chi connectivity index (χ4n) is 1.44. The molecule has 0 atom stereocenters. The van der Waals surface area contributed by atoms with Crippen LogP contribution in [0.4, 0.5) is 5.69 Å². The van der Waals surface area contributed by atoms with Crippen LogP contribution in [0.25, 0.3) is 0 Å². The first-order valence-corrected chi connectivity index (χ1v) is 5.27. The molecule has 0 saturated heterocycles. The van der Waals surface area contributed by atoms with Crippen molar-refractivity contribution in [2.24, 2.45) is 0 Å². The number of nitro groups is 1. The highest BCUT2D eigenvalue weighted by Crippen LogP contribution is 2.08. The lowest BCUT2D eigenvalue weighted by Gasteiger charge is -2.00. The second-order valence-corrected chi connectivity index (χ2v) is 3.82. The van der Waals surface area contributed by atoms with Gasteiger partial charge < -0.3 is 0 Å². The molecule has 2 rings (SSSR count). The van der Waals surface area contributed by atoms with Crippen LogP contribution in [0.15, 0.2) is 24.8 Å². The Morgan fingerprint density at radius 1 is 1.39 bits per heavy atom. The minimum atomic E-state index is -0.526. The SMILES string of the molecule is Cc1cnn(C(=O)CCn2cc([N+](=O)[O-])cn2)c1. The van der Waals surface area contributed by atoms with Crippen molar-refractivity contribution in [3.8, 4) is 0 Å². The first-order valence-electron chi connectivity index (χ1n) is 5.27. The Balaban J connectivity index is 1.95. The van der Waals surface area contributed by atoms with E-state index in [4.69, 9.17) is 0 Å². The topological polar surface area (TPSA) is 95.8 Å². The molecule has 0 aromatic carbocycles. The molecule has 0 bridgehead atoms. The highest BCUT2D eigenvalue weighted by Gasteiger charge is 2.11. The molecule has 0 unspecified atom stereocenters. The van der Waals surface area contributed by atoms with Gasteiger partial charge in [0.25, 0.3) is 0 Å². The van der Waals surface area contributed by atoms with Gasteiger partial charge in [-0.3, -0.25) is 19.6 Å². The largest absolute Gasteiger partial charge is 0.306 e. The molecule has 0 aliphatic rings. The average molecular weight is 249 g/mol. The Hall–Kier alpha value is -2.51. The number of nitrogens with zero attached hydrogens (tertiary/aromatic N) is 5. The van der Waals surface area contributed by atoms with Gasteiger partial charge in [-0.05, 0) is 12.5 Å². The van der Waals surface area contributed by atoms with Gasteiger partial charge in [-0.1, -0.05) is 0 Å². The summed E-state index contributed by atoms with van der Waals surface area (Å²) in [5.74, 6) is -0.179. The molecule has 0 amide bonds. The Kier molecular flexibility index (Phi) is 3.18. The molecular weight excluding hydrogens is 238 g/mol. The molecule has 8 nitrogen and oxygen atoms in total. The number of aryl methyl sites for hydroxylation is 2. The van der Waals surface area contributed by atoms with E-state index in [0.29, 0.717) is 0 Å². The summed E-state index contributed by atoms with van der Waals surface area (Å²) >= 11 is 0. The number of rotatable bonds is 4. The van der Waals surface area contributed by atoms with E-state index in [2.05, 4.69) is 10.2 Å². The van der Waals surface area contributed by atoms with Crippen molar-refractivity contribution in [3.05, 3.63) is 40.5 Å². The van der Waals surface area contributed by atoms with Gasteiger partial charge in [-0.25, -0.2) is 4.68 Å². The maximum Gasteiger partial charge on any atom is 0.306 e. The van der Waals surface area contributed by atoms with E-state index in [-0.39, 0.29) is 24.6 Å². The van der Waals surface area contributed by atoms with Gasteiger partial charge >= 0.3 is 5.69 Å². The van der Waals surface area contributed by atoms with Crippen molar-refractivity contribution in [1.82, 2.24) is 19.6 Å². The van der Waals surface area contributed by atoms with Crippen molar-refractivity contribution >= 4 is 11.6 Å². The second kappa shape index (κ2) is 4.78. The molecule has 18 heavy (non-hydrogen) atoms. The number of carbonyl (C=O) groups is 1. The monoisotopic (exact) mass is 249 g/mol. The molecule has 0 saturated carbocycles. The van der Waals surface area contributed by atoms with Gasteiger partial charge in [0, 0.05) is 12.6 Å². The van der Waals surface area contributed by atoms with Crippen molar-refractivity contribution in [3.63, 3.8) is 0 Å². The molecule has 0 radical (unpaired) electrons. The van der Waals surface area contributed by atoms with E-state index >= 15 is 0 Å². The first kappa shape index (κ1) is 12.0. The zero-order valence-corrected chi connectivity index (χ0v) is 9.68. The van der Waals surface area contributed by atoms with E-state index in [0.717, 1.165) is 11.8 Å². The van der Waals surface area contributed by atoms with Crippen LogP contribution in [-0.2, 0) is 6.54 Å². The van der Waals surface area contributed by atoms with Crippen LogP contribution in [0.2, 0.25) is 0 Å². The van der Waals surface area contributed by atoms with E-state index in [1.54, 1.807) is 12.4 Å². The van der Waals surface area contributed by atoms with Crippen LogP contribution in [0.3, 0.4) is 0 Å². The molecule has 8 heteroatoms. The highest BCUT2D eigenvalue weighted by molar-refractivity contribution is 5.77. The fraction of sp³-hybridized carbons (Fsp3) is 0.300. The maximum atomic E-state index is 11.7. The van der Waals surface area contributed by atoms with Crippen molar-refractivity contribution in [2.45, 2.75) is 19.9 Å². The average Bonchev–Trinajstić information content (AvgIpc) is 2.94. The highest BCUT2D eigenvalue weighted by atomic mass is 16.6. The summed E-state index contributed by atoms with van der Waals surface area (Å²) in [7, 11) is 0. The summed E-state index contributed by atoms with van der Waals surface area (Å²) in [4.78, 5) is 21.6. The third kappa shape index (κ3) is 2.59. The Bertz CT molecular complexity index is 586. The lowest BCUT2D eigenvalue weighted by molar-refractivity contribution is -0.385. The van der Waals surface area contributed by atoms with Crippen molar-refractivity contribution in [2.75, 3.05) is 0 Å². The molecule has 0 fully saturated rings. The van der Waals surface area contributed by atoms with E-state index in [1.165, 1.54) is 15.6 Å². The quantitative estimate of drug-likeness (QED) is 0.595. The smallest absolute Gasteiger partial charge is 0.273 e. The van der Waals surface area contributed by atoms with Crippen LogP contribution in [-0.4, -0.2) is 30.4 Å². The summed E-state index contributed by atoms with van der Waals surface area (Å²) in [6.45, 7) is 2.12. The molecule has 2 heterocycles. The summed E-state index contributed by atoms with van der Waals surface area (Å²) < 4.78 is 2.62. The summed E-state index contributed by atoms with van der Waals surface area (Å²) in [5.41, 5.74) is 0.815. The Morgan fingerprint density at radius 2 is 2.17 bits per heavy atom. The minimum Gasteiger partial charge on any atom is -0.273 e. The normalized spacial score (nSPS) is 10.5. The van der Waals surface area contributed by atoms with E-state index in [9.17, 15) is 14.9 Å². The van der Waals surface area contributed by atoms with Crippen molar-refractivity contribution in [1.29, 1.82) is 0 Å². The number of hydrogen-bond acceptors (Lipinski definition) is 5. The van der Waals surface area contributed by atoms with Crippen LogP contribution in [0.1, 0.15) is 16.8 Å². The van der Waals surface area contributed by atoms with Gasteiger partial charge in [0.05, 0.1) is 17.7 Å². The first-order chi connectivity index (χ1) is 8.56. The van der Waals surface area contributed by atoms with Gasteiger partial charge in [0.1, 0.15) is 12.4 Å². The summed E-state index contributed by atoms with van der Waals surface area (Å²) in [5, 5.41) is 18.1. The van der Waals surface area contributed by atoms with E-state index < -0.39 is 4.92 Å². The Morgan fingerprint density at radius 3 is 2.72 bits per heavy atom. The molecule has 0 spiro atoms. The molecular formula is C10H11N5O3. The third-order valence-electron chi connectivity index (χ3n) is 2.35. The lowest BCUT2D eigenvalue weighted by Crippen LogP contribution is -2.14. The summed E-state index contributed by atoms with van der Waals surface area (Å²) in [6, 6.07) is 0. The van der Waals surface area contributed by atoms with Gasteiger partial charge in [0.2, 0.25) is 5.91 Å². The van der Waals surface area contributed by atoms with Crippen molar-refractivity contribution < 1.29 is 9.72 Å². The van der Waals surface area contributed by atoms with Crippen LogP contribution in [0, 0.1) is 17.0 Å². The number of aromatic nitrogens is 4. The van der Waals surface area contributed by atoms with Gasteiger partial charge in [-0.2, -0.15) is 10.2 Å². The fourth-order valence-corrected chi connectivity index (χ4v) is 1.44. The van der Waals surface area contributed by atoms with Gasteiger partial charge in [0.15, 0.2) is 0 Å². The summed E-state index contributed by atoms with van der Waals surface area (Å²) in [6.07, 6.45) is 5.86. The van der Waals surface area contributed by atoms with E-state index in [1.807, 2.05) is 6.92 Å². The standard InChI is InChI=1S/C10H11N5O3/c1-8-4-12-14(6-8)10(16)2-3-13-7-9(5-11-13)15(17)18/h4-7H,2-3H2,1H3. The molecule has 94 valence electrons. The molecule has 0 aliphatic heterocycles. The Labute approximate surface area is 102 Å². The van der Waals surface area contributed by atoms with Crippen LogP contribution in [0.5, 0.6) is 0 Å². The number of carbonyl (C=O) groups excluding carboxylic acids is 1. The zero-order chi connectivity index (χ0) is 13.1. The predicted octanol–water partition coefficient (Wildman–Crippen LogP) is 1.03.